The number of methoxy groups -OCH3 is 1. The Hall–Kier alpha value is -2.55. The van der Waals surface area contributed by atoms with E-state index in [1.165, 1.54) is 18.0 Å². The van der Waals surface area contributed by atoms with Crippen LogP contribution in [0.5, 0.6) is 0 Å². The van der Waals surface area contributed by atoms with Crippen molar-refractivity contribution in [1.29, 1.82) is 0 Å². The first-order chi connectivity index (χ1) is 11.5. The third-order valence-electron chi connectivity index (χ3n) is 3.31. The number of thioether (sulfide) groups is 1. The van der Waals surface area contributed by atoms with Gasteiger partial charge in [-0.1, -0.05) is 11.3 Å². The highest BCUT2D eigenvalue weighted by molar-refractivity contribution is 7.98. The predicted molar refractivity (Wildman–Crippen MR) is 91.3 cm³/mol. The van der Waals surface area contributed by atoms with Gasteiger partial charge in [0, 0.05) is 17.1 Å². The average molecular weight is 349 g/mol. The van der Waals surface area contributed by atoms with Crippen LogP contribution in [-0.2, 0) is 11.3 Å². The van der Waals surface area contributed by atoms with Gasteiger partial charge in [-0.25, -0.2) is 14.3 Å². The lowest BCUT2D eigenvalue weighted by molar-refractivity contribution is 0.0594. The molecule has 0 aliphatic heterocycles. The molecule has 0 saturated heterocycles. The molecule has 2 rings (SSSR count). The van der Waals surface area contributed by atoms with E-state index < -0.39 is 5.97 Å². The van der Waals surface area contributed by atoms with Crippen LogP contribution in [0.25, 0.3) is 0 Å². The summed E-state index contributed by atoms with van der Waals surface area (Å²) in [6.45, 7) is 2.70. The van der Waals surface area contributed by atoms with Crippen molar-refractivity contribution in [2.75, 3.05) is 25.2 Å². The first-order valence-corrected chi connectivity index (χ1v) is 8.44. The molecule has 2 amide bonds. The molecule has 9 heteroatoms. The zero-order chi connectivity index (χ0) is 17.5. The maximum absolute atomic E-state index is 12.0. The average Bonchev–Trinajstić information content (AvgIpc) is 3.05. The zero-order valence-corrected chi connectivity index (χ0v) is 14.5. The van der Waals surface area contributed by atoms with Gasteiger partial charge in [-0.15, -0.1) is 16.9 Å². The Kier molecular flexibility index (Phi) is 6.19. The normalized spacial score (nSPS) is 10.3. The molecule has 2 aromatic rings. The Morgan fingerprint density at radius 1 is 1.38 bits per heavy atom. The molecular weight excluding hydrogens is 330 g/mol. The van der Waals surface area contributed by atoms with E-state index in [9.17, 15) is 9.59 Å². The highest BCUT2D eigenvalue weighted by Crippen LogP contribution is 2.25. The number of amides is 2. The second-order valence-electron chi connectivity index (χ2n) is 4.87. The molecule has 0 fully saturated rings. The van der Waals surface area contributed by atoms with Crippen molar-refractivity contribution in [1.82, 2.24) is 20.3 Å². The summed E-state index contributed by atoms with van der Waals surface area (Å²) in [5.41, 5.74) is 1.93. The molecule has 0 radical (unpaired) electrons. The van der Waals surface area contributed by atoms with Crippen LogP contribution in [0.15, 0.2) is 29.3 Å². The van der Waals surface area contributed by atoms with Gasteiger partial charge in [0.15, 0.2) is 5.69 Å². The van der Waals surface area contributed by atoms with Crippen LogP contribution in [0.2, 0.25) is 0 Å². The van der Waals surface area contributed by atoms with Gasteiger partial charge in [-0.2, -0.15) is 0 Å². The van der Waals surface area contributed by atoms with Crippen LogP contribution >= 0.6 is 11.8 Å². The Bertz CT molecular complexity index is 732. The van der Waals surface area contributed by atoms with Crippen LogP contribution in [-0.4, -0.2) is 46.9 Å². The highest BCUT2D eigenvalue weighted by Gasteiger charge is 2.11. The van der Waals surface area contributed by atoms with E-state index >= 15 is 0 Å². The molecule has 1 aromatic heterocycles. The van der Waals surface area contributed by atoms with Crippen LogP contribution in [0.4, 0.5) is 10.5 Å². The van der Waals surface area contributed by atoms with Gasteiger partial charge < -0.3 is 15.4 Å². The minimum absolute atomic E-state index is 0.131. The lowest BCUT2D eigenvalue weighted by atomic mass is 10.2. The number of rotatable bonds is 6. The number of esters is 1. The van der Waals surface area contributed by atoms with Crippen molar-refractivity contribution >= 4 is 29.4 Å². The molecule has 0 aliphatic carbocycles. The van der Waals surface area contributed by atoms with Crippen molar-refractivity contribution in [2.24, 2.45) is 0 Å². The third-order valence-corrected chi connectivity index (χ3v) is 4.19. The molecule has 0 bridgehead atoms. The van der Waals surface area contributed by atoms with E-state index in [1.807, 2.05) is 31.4 Å². The predicted octanol–water partition coefficient (Wildman–Crippen LogP) is 1.92. The lowest BCUT2D eigenvalue weighted by Crippen LogP contribution is -2.31. The molecule has 0 unspecified atom stereocenters. The summed E-state index contributed by atoms with van der Waals surface area (Å²) < 4.78 is 6.02. The van der Waals surface area contributed by atoms with Crippen LogP contribution in [0, 0.1) is 6.92 Å². The largest absolute Gasteiger partial charge is 0.464 e. The van der Waals surface area contributed by atoms with Crippen molar-refractivity contribution in [3.8, 4) is 0 Å². The number of urea groups is 1. The van der Waals surface area contributed by atoms with E-state index in [0.29, 0.717) is 13.1 Å². The Morgan fingerprint density at radius 2 is 2.17 bits per heavy atom. The number of nitrogens with one attached hydrogen (secondary N) is 2. The van der Waals surface area contributed by atoms with E-state index in [-0.39, 0.29) is 11.7 Å². The van der Waals surface area contributed by atoms with Crippen LogP contribution in [0.1, 0.15) is 16.1 Å². The zero-order valence-electron chi connectivity index (χ0n) is 13.7. The highest BCUT2D eigenvalue weighted by atomic mass is 32.2. The molecule has 0 saturated carbocycles. The molecule has 1 aromatic carbocycles. The smallest absolute Gasteiger partial charge is 0.360 e. The van der Waals surface area contributed by atoms with E-state index in [2.05, 4.69) is 25.7 Å². The topological polar surface area (TPSA) is 98.1 Å². The maximum atomic E-state index is 12.0. The van der Waals surface area contributed by atoms with Gasteiger partial charge >= 0.3 is 12.0 Å². The van der Waals surface area contributed by atoms with Gasteiger partial charge in [0.25, 0.3) is 0 Å². The first kappa shape index (κ1) is 17.8. The maximum Gasteiger partial charge on any atom is 0.360 e. The van der Waals surface area contributed by atoms with E-state index in [0.717, 1.165) is 16.1 Å². The molecular formula is C15H19N5O3S. The second-order valence-corrected chi connectivity index (χ2v) is 5.72. The van der Waals surface area contributed by atoms with Crippen molar-refractivity contribution in [2.45, 2.75) is 18.4 Å². The van der Waals surface area contributed by atoms with Gasteiger partial charge in [-0.3, -0.25) is 0 Å². The molecule has 1 heterocycles. The number of nitrogens with zero attached hydrogens (tertiary/aromatic N) is 3. The first-order valence-electron chi connectivity index (χ1n) is 7.22. The quantitative estimate of drug-likeness (QED) is 0.611. The molecule has 8 nitrogen and oxygen atoms in total. The number of carbonyl (C=O) groups excluding carboxylic acids is 2. The Balaban J connectivity index is 1.83. The number of hydrogen-bond acceptors (Lipinski definition) is 6. The summed E-state index contributed by atoms with van der Waals surface area (Å²) in [6.07, 6.45) is 3.46. The third kappa shape index (κ3) is 4.48. The number of carbonyl (C=O) groups is 2. The minimum Gasteiger partial charge on any atom is -0.464 e. The Morgan fingerprint density at radius 3 is 2.88 bits per heavy atom. The SMILES string of the molecule is COC(=O)c1cn(CCNC(=O)Nc2cccc(SC)c2C)nn1. The fourth-order valence-corrected chi connectivity index (χ4v) is 2.66. The number of hydrogen-bond donors (Lipinski definition) is 2. The van der Waals surface area contributed by atoms with E-state index in [1.54, 1.807) is 11.8 Å². The van der Waals surface area contributed by atoms with Crippen LogP contribution < -0.4 is 10.6 Å². The summed E-state index contributed by atoms with van der Waals surface area (Å²) in [5.74, 6) is -0.545. The fourth-order valence-electron chi connectivity index (χ4n) is 2.03. The molecule has 0 spiro atoms. The van der Waals surface area contributed by atoms with Gasteiger partial charge in [0.1, 0.15) is 0 Å². The molecule has 128 valence electrons. The van der Waals surface area contributed by atoms with Crippen molar-refractivity contribution < 1.29 is 14.3 Å². The monoisotopic (exact) mass is 349 g/mol. The van der Waals surface area contributed by atoms with Gasteiger partial charge in [0.2, 0.25) is 0 Å². The summed E-state index contributed by atoms with van der Waals surface area (Å²) in [7, 11) is 1.28. The summed E-state index contributed by atoms with van der Waals surface area (Å²) in [4.78, 5) is 24.4. The molecule has 0 atom stereocenters. The molecule has 2 N–H and O–H groups in total. The molecule has 24 heavy (non-hydrogen) atoms. The summed E-state index contributed by atoms with van der Waals surface area (Å²) in [5, 5.41) is 13.0. The molecule has 0 aliphatic rings. The second kappa shape index (κ2) is 8.34. The Labute approximate surface area is 143 Å². The minimum atomic E-state index is -0.545. The van der Waals surface area contributed by atoms with Crippen molar-refractivity contribution in [3.63, 3.8) is 0 Å². The van der Waals surface area contributed by atoms with Crippen molar-refractivity contribution in [3.05, 3.63) is 35.7 Å². The standard InChI is InChI=1S/C15H19N5O3S/c1-10-11(5-4-6-13(10)24-3)17-15(22)16-7-8-20-9-12(18-19-20)14(21)23-2/h4-6,9H,7-8H2,1-3H3,(H2,16,17,22). The summed E-state index contributed by atoms with van der Waals surface area (Å²) >= 11 is 1.63. The number of aromatic nitrogens is 3. The van der Waals surface area contributed by atoms with Gasteiger partial charge in [0.05, 0.1) is 19.9 Å². The fraction of sp³-hybridized carbons (Fsp3) is 0.333. The lowest BCUT2D eigenvalue weighted by Gasteiger charge is -2.12. The van der Waals surface area contributed by atoms with E-state index in [4.69, 9.17) is 0 Å². The van der Waals surface area contributed by atoms with Crippen LogP contribution in [0.3, 0.4) is 0 Å². The van der Waals surface area contributed by atoms with Gasteiger partial charge in [-0.05, 0) is 30.9 Å². The number of ether oxygens (including phenoxy) is 1. The summed E-state index contributed by atoms with van der Waals surface area (Å²) in [6, 6.07) is 5.46. The number of anilines is 1. The number of benzene rings is 1.